The van der Waals surface area contributed by atoms with E-state index in [2.05, 4.69) is 13.8 Å². The minimum Gasteiger partial charge on any atom is -0.394 e. The van der Waals surface area contributed by atoms with Crippen molar-refractivity contribution >= 4 is 27.9 Å². The second-order valence-electron chi connectivity index (χ2n) is 7.73. The molecule has 11 nitrogen and oxygen atoms in total. The average molecular weight is 487 g/mol. The molecule has 0 aliphatic carbocycles. The molecule has 0 saturated heterocycles. The number of hydrogen-bond acceptors (Lipinski definition) is 8. The van der Waals surface area contributed by atoms with Gasteiger partial charge in [-0.1, -0.05) is 40.5 Å². The fourth-order valence-electron chi connectivity index (χ4n) is 2.57. The van der Waals surface area contributed by atoms with Gasteiger partial charge in [-0.05, 0) is 25.2 Å². The summed E-state index contributed by atoms with van der Waals surface area (Å²) < 4.78 is 31.6. The van der Waals surface area contributed by atoms with Crippen molar-refractivity contribution in [2.75, 3.05) is 13.2 Å². The second kappa shape index (κ2) is 20.2. The summed E-state index contributed by atoms with van der Waals surface area (Å²) in [6.07, 6.45) is 7.26. The molecule has 12 heteroatoms. The van der Waals surface area contributed by atoms with Gasteiger partial charge in [-0.2, -0.15) is 8.42 Å². The molecular formula is C20H42N2O9S. The predicted molar refractivity (Wildman–Crippen MR) is 120 cm³/mol. The molecular weight excluding hydrogens is 444 g/mol. The van der Waals surface area contributed by atoms with Crippen LogP contribution in [0.15, 0.2) is 0 Å². The number of nitrogens with two attached hydrogens (primary N) is 1. The third-order valence-corrected chi connectivity index (χ3v) is 4.27. The van der Waals surface area contributed by atoms with Crippen LogP contribution in [0.2, 0.25) is 0 Å². The number of hydrogen-bond donors (Lipinski definition) is 5. The van der Waals surface area contributed by atoms with Crippen LogP contribution in [0.5, 0.6) is 0 Å². The Morgan fingerprint density at radius 1 is 0.875 bits per heavy atom. The molecule has 1 atom stereocenters. The first-order valence-corrected chi connectivity index (χ1v) is 11.8. The van der Waals surface area contributed by atoms with Crippen LogP contribution in [0, 0.1) is 5.92 Å². The normalized spacial score (nSPS) is 11.8. The standard InChI is InChI=1S/C19H36N2O5.CH4.H2O4S/c1-15(2)8-7-11-16(23)9-5-3-4-6-10-17(24)12-13-21(26)19(25)18(20)14-22;;1-5(2,3)4/h15,18,22,26H,3-14,20H2,1-2H3;1H4;(H2,1,2,3,4)/t18-;;/m0../s1. The first kappa shape index (κ1) is 35.2. The molecule has 0 fully saturated rings. The van der Waals surface area contributed by atoms with E-state index in [1.807, 2.05) is 0 Å². The second-order valence-corrected chi connectivity index (χ2v) is 8.62. The van der Waals surface area contributed by atoms with Crippen molar-refractivity contribution in [2.24, 2.45) is 11.7 Å². The van der Waals surface area contributed by atoms with E-state index in [1.165, 1.54) is 0 Å². The molecule has 0 bridgehead atoms. The molecule has 0 aliphatic rings. The highest BCUT2D eigenvalue weighted by Gasteiger charge is 2.19. The van der Waals surface area contributed by atoms with Crippen molar-refractivity contribution in [3.8, 4) is 0 Å². The zero-order chi connectivity index (χ0) is 24.4. The van der Waals surface area contributed by atoms with Gasteiger partial charge in [0.15, 0.2) is 0 Å². The molecule has 1 amide bonds. The van der Waals surface area contributed by atoms with Crippen LogP contribution in [0.4, 0.5) is 0 Å². The lowest BCUT2D eigenvalue weighted by molar-refractivity contribution is -0.168. The molecule has 192 valence electrons. The van der Waals surface area contributed by atoms with Crippen molar-refractivity contribution in [2.45, 2.75) is 91.5 Å². The minimum absolute atomic E-state index is 0. The fourth-order valence-corrected chi connectivity index (χ4v) is 2.57. The highest BCUT2D eigenvalue weighted by Crippen LogP contribution is 2.11. The maximum Gasteiger partial charge on any atom is 0.394 e. The summed E-state index contributed by atoms with van der Waals surface area (Å²) in [5.41, 5.74) is 5.30. The predicted octanol–water partition coefficient (Wildman–Crippen LogP) is 2.20. The quantitative estimate of drug-likeness (QED) is 0.0933. The Bertz CT molecular complexity index is 617. The van der Waals surface area contributed by atoms with E-state index < -0.39 is 29.0 Å². The molecule has 0 aliphatic heterocycles. The lowest BCUT2D eigenvalue weighted by atomic mass is 10.0. The third kappa shape index (κ3) is 26.6. The Morgan fingerprint density at radius 2 is 1.28 bits per heavy atom. The van der Waals surface area contributed by atoms with E-state index in [-0.39, 0.29) is 26.2 Å². The maximum atomic E-state index is 11.7. The van der Waals surface area contributed by atoms with Gasteiger partial charge in [0.25, 0.3) is 5.91 Å². The molecule has 0 heterocycles. The number of rotatable bonds is 16. The van der Waals surface area contributed by atoms with E-state index in [0.29, 0.717) is 36.0 Å². The van der Waals surface area contributed by atoms with Crippen molar-refractivity contribution in [3.63, 3.8) is 0 Å². The Kier molecular flexibility index (Phi) is 22.2. The zero-order valence-electron chi connectivity index (χ0n) is 18.4. The number of aliphatic hydroxyl groups excluding tert-OH is 1. The Balaban J connectivity index is -0.00000125. The van der Waals surface area contributed by atoms with E-state index in [0.717, 1.165) is 38.5 Å². The van der Waals surface area contributed by atoms with Gasteiger partial charge in [0, 0.05) is 25.7 Å². The molecule has 0 radical (unpaired) electrons. The number of unbranched alkanes of at least 4 members (excludes halogenated alkanes) is 3. The number of aliphatic hydroxyl groups is 1. The van der Waals surface area contributed by atoms with E-state index in [9.17, 15) is 19.6 Å². The first-order chi connectivity index (χ1) is 14.3. The zero-order valence-corrected chi connectivity index (χ0v) is 19.2. The van der Waals surface area contributed by atoms with Gasteiger partial charge in [0.1, 0.15) is 17.6 Å². The number of ketones is 2. The highest BCUT2D eigenvalue weighted by molar-refractivity contribution is 7.79. The van der Waals surface area contributed by atoms with Gasteiger partial charge in [-0.15, -0.1) is 0 Å². The highest BCUT2D eigenvalue weighted by atomic mass is 32.3. The van der Waals surface area contributed by atoms with Crippen LogP contribution in [-0.4, -0.2) is 69.6 Å². The lowest BCUT2D eigenvalue weighted by Gasteiger charge is -2.17. The number of carbonyl (C=O) groups excluding carboxylic acids is 3. The van der Waals surface area contributed by atoms with Gasteiger partial charge >= 0.3 is 10.4 Å². The lowest BCUT2D eigenvalue weighted by Crippen LogP contribution is -2.44. The molecule has 0 rings (SSSR count). The first-order valence-electron chi connectivity index (χ1n) is 10.4. The largest absolute Gasteiger partial charge is 0.394 e. The summed E-state index contributed by atoms with van der Waals surface area (Å²) in [6.45, 7) is 3.65. The number of hydroxylamine groups is 2. The molecule has 0 aromatic carbocycles. The van der Waals surface area contributed by atoms with Gasteiger partial charge in [0.05, 0.1) is 13.2 Å². The SMILES string of the molecule is C.CC(C)CCCC(=O)CCCCCCC(=O)CCN(O)C(=O)[C@@H](N)CO.O=S(=O)(O)O. The number of nitrogens with zero attached hydrogens (tertiary/aromatic N) is 1. The molecule has 0 saturated carbocycles. The number of Topliss-reactive ketones (excluding diaryl/α,β-unsaturated/α-hetero) is 2. The molecule has 32 heavy (non-hydrogen) atoms. The van der Waals surface area contributed by atoms with Crippen LogP contribution in [-0.2, 0) is 24.8 Å². The van der Waals surface area contributed by atoms with Crippen LogP contribution in [0.25, 0.3) is 0 Å². The molecule has 0 aromatic rings. The number of amides is 1. The monoisotopic (exact) mass is 486 g/mol. The van der Waals surface area contributed by atoms with Gasteiger partial charge < -0.3 is 10.8 Å². The topological polar surface area (TPSA) is 196 Å². The van der Waals surface area contributed by atoms with E-state index >= 15 is 0 Å². The molecule has 0 aromatic heterocycles. The summed E-state index contributed by atoms with van der Waals surface area (Å²) in [7, 11) is -4.67. The third-order valence-electron chi connectivity index (χ3n) is 4.27. The summed E-state index contributed by atoms with van der Waals surface area (Å²) in [6, 6.07) is -1.16. The van der Waals surface area contributed by atoms with Crippen molar-refractivity contribution in [1.82, 2.24) is 5.06 Å². The molecule has 6 N–H and O–H groups in total. The van der Waals surface area contributed by atoms with Gasteiger partial charge in [-0.3, -0.25) is 28.7 Å². The van der Waals surface area contributed by atoms with Gasteiger partial charge in [0.2, 0.25) is 0 Å². The average Bonchev–Trinajstić information content (AvgIpc) is 2.65. The Morgan fingerprint density at radius 3 is 1.69 bits per heavy atom. The maximum absolute atomic E-state index is 11.7. The van der Waals surface area contributed by atoms with Crippen LogP contribution < -0.4 is 5.73 Å². The summed E-state index contributed by atoms with van der Waals surface area (Å²) in [5, 5.41) is 18.6. The van der Waals surface area contributed by atoms with Crippen LogP contribution in [0.3, 0.4) is 0 Å². The summed E-state index contributed by atoms with van der Waals surface area (Å²) >= 11 is 0. The van der Waals surface area contributed by atoms with E-state index in [1.54, 1.807) is 0 Å². The van der Waals surface area contributed by atoms with Crippen molar-refractivity contribution < 1.29 is 42.2 Å². The van der Waals surface area contributed by atoms with Crippen molar-refractivity contribution in [3.05, 3.63) is 0 Å². The Hall–Kier alpha value is -1.44. The van der Waals surface area contributed by atoms with Crippen LogP contribution in [0.1, 0.15) is 85.5 Å². The number of carbonyl (C=O) groups is 3. The molecule has 0 unspecified atom stereocenters. The van der Waals surface area contributed by atoms with Crippen LogP contribution >= 0.6 is 0 Å². The van der Waals surface area contributed by atoms with E-state index in [4.69, 9.17) is 28.4 Å². The summed E-state index contributed by atoms with van der Waals surface area (Å²) in [4.78, 5) is 34.9. The smallest absolute Gasteiger partial charge is 0.394 e. The molecule has 0 spiro atoms. The fraction of sp³-hybridized carbons (Fsp3) is 0.850. The Labute approximate surface area is 191 Å². The minimum atomic E-state index is -4.67. The van der Waals surface area contributed by atoms with Gasteiger partial charge in [-0.25, -0.2) is 5.06 Å². The van der Waals surface area contributed by atoms with Crippen molar-refractivity contribution in [1.29, 1.82) is 0 Å². The summed E-state index contributed by atoms with van der Waals surface area (Å²) in [5.74, 6) is 0.149.